The lowest BCUT2D eigenvalue weighted by Gasteiger charge is -2.71. The maximum atomic E-state index is 5.60. The van der Waals surface area contributed by atoms with Gasteiger partial charge in [0.2, 0.25) is 0 Å². The number of rotatable bonds is 8. The molecule has 0 spiro atoms. The molecule has 0 amide bonds. The summed E-state index contributed by atoms with van der Waals surface area (Å²) < 4.78 is 5.61. The Hall–Kier alpha value is -6.35. The van der Waals surface area contributed by atoms with Gasteiger partial charge < -0.3 is 8.46 Å². The minimum atomic E-state index is -3.18. The molecular formula is C46H36N4Si2. The summed E-state index contributed by atoms with van der Waals surface area (Å²) in [5.41, 5.74) is 4.09. The van der Waals surface area contributed by atoms with Crippen LogP contribution in [0.25, 0.3) is 22.5 Å². The van der Waals surface area contributed by atoms with E-state index in [1.54, 1.807) is 0 Å². The van der Waals surface area contributed by atoms with E-state index < -0.39 is 16.8 Å². The molecule has 1 saturated heterocycles. The van der Waals surface area contributed by atoms with Crippen molar-refractivity contribution in [3.05, 3.63) is 218 Å². The van der Waals surface area contributed by atoms with Crippen LogP contribution in [0.3, 0.4) is 0 Å². The zero-order valence-electron chi connectivity index (χ0n) is 28.6. The Bertz CT molecular complexity index is 2150. The van der Waals surface area contributed by atoms with Gasteiger partial charge in [-0.3, -0.25) is 0 Å². The van der Waals surface area contributed by atoms with E-state index in [4.69, 9.17) is 9.97 Å². The van der Waals surface area contributed by atoms with Crippen LogP contribution in [0.15, 0.2) is 218 Å². The van der Waals surface area contributed by atoms with Crippen LogP contribution in [0.1, 0.15) is 0 Å². The van der Waals surface area contributed by atoms with Gasteiger partial charge in [-0.05, 0) is 45.0 Å². The van der Waals surface area contributed by atoms with Crippen molar-refractivity contribution >= 4 is 49.2 Å². The molecule has 248 valence electrons. The monoisotopic (exact) mass is 700 g/mol. The summed E-state index contributed by atoms with van der Waals surface area (Å²) in [5.74, 6) is 1.94. The minimum absolute atomic E-state index is 0.953. The zero-order chi connectivity index (χ0) is 34.8. The van der Waals surface area contributed by atoms with Crippen molar-refractivity contribution in [3.8, 4) is 22.5 Å². The van der Waals surface area contributed by atoms with E-state index in [9.17, 15) is 0 Å². The van der Waals surface area contributed by atoms with Gasteiger partial charge in [0.15, 0.2) is 0 Å². The highest BCUT2D eigenvalue weighted by Gasteiger charge is 2.75. The Morgan fingerprint density at radius 1 is 0.269 bits per heavy atom. The molecule has 6 heteroatoms. The summed E-state index contributed by atoms with van der Waals surface area (Å²) in [5, 5.41) is 5.09. The molecule has 0 bridgehead atoms. The third-order valence-corrected chi connectivity index (χ3v) is 22.0. The Labute approximate surface area is 307 Å². The highest BCUT2D eigenvalue weighted by Crippen LogP contribution is 2.45. The van der Waals surface area contributed by atoms with Gasteiger partial charge in [0.1, 0.15) is 11.6 Å². The molecule has 0 N–H and O–H groups in total. The molecule has 1 aliphatic heterocycles. The lowest BCUT2D eigenvalue weighted by atomic mass is 10.1. The predicted octanol–water partition coefficient (Wildman–Crippen LogP) is 7.65. The Kier molecular flexibility index (Phi) is 8.16. The highest BCUT2D eigenvalue weighted by atomic mass is 28.5. The van der Waals surface area contributed by atoms with Crippen molar-refractivity contribution < 1.29 is 0 Å². The van der Waals surface area contributed by atoms with Gasteiger partial charge in [0.25, 0.3) is 0 Å². The first-order valence-electron chi connectivity index (χ1n) is 17.7. The van der Waals surface area contributed by atoms with E-state index in [-0.39, 0.29) is 0 Å². The normalized spacial score (nSPS) is 14.4. The molecule has 0 aliphatic carbocycles. The fourth-order valence-corrected chi connectivity index (χ4v) is 22.9. The van der Waals surface area contributed by atoms with Crippen molar-refractivity contribution in [1.29, 1.82) is 0 Å². The molecule has 6 aromatic carbocycles. The molecule has 0 atom stereocenters. The van der Waals surface area contributed by atoms with Crippen LogP contribution in [0.2, 0.25) is 0 Å². The van der Waals surface area contributed by atoms with Crippen molar-refractivity contribution in [1.82, 2.24) is 9.97 Å². The van der Waals surface area contributed by atoms with Crippen LogP contribution in [-0.2, 0) is 0 Å². The molecule has 52 heavy (non-hydrogen) atoms. The Morgan fingerprint density at radius 2 is 0.538 bits per heavy atom. The van der Waals surface area contributed by atoms with Gasteiger partial charge in [0, 0.05) is 11.1 Å². The summed E-state index contributed by atoms with van der Waals surface area (Å²) in [6.07, 6.45) is 0. The quantitative estimate of drug-likeness (QED) is 0.153. The number of aromatic nitrogens is 2. The average Bonchev–Trinajstić information content (AvgIpc) is 3.23. The first-order chi connectivity index (χ1) is 25.8. The van der Waals surface area contributed by atoms with Crippen molar-refractivity contribution in [2.24, 2.45) is 0 Å². The lowest BCUT2D eigenvalue weighted by Crippen LogP contribution is -3.07. The second-order valence-corrected chi connectivity index (χ2v) is 20.7. The molecule has 3 heterocycles. The largest absolute Gasteiger partial charge is 0.363 e. The molecule has 4 nitrogen and oxygen atoms in total. The SMILES string of the molecule is c1ccc(-c2cccc(N3[Si](c4ccccc4)(c4ccccc4)N(c4cccc(-c5ccccc5)n4)[Si]3(c3ccccc3)c3ccccc3)n2)cc1. The lowest BCUT2D eigenvalue weighted by molar-refractivity contribution is 1.13. The second kappa shape index (κ2) is 13.4. The van der Waals surface area contributed by atoms with Crippen molar-refractivity contribution in [2.45, 2.75) is 0 Å². The van der Waals surface area contributed by atoms with E-state index in [0.29, 0.717) is 0 Å². The maximum Gasteiger partial charge on any atom is 0.320 e. The molecule has 9 rings (SSSR count). The van der Waals surface area contributed by atoms with Gasteiger partial charge >= 0.3 is 16.8 Å². The van der Waals surface area contributed by atoms with E-state index in [0.717, 1.165) is 34.2 Å². The van der Waals surface area contributed by atoms with Crippen LogP contribution in [0, 0.1) is 0 Å². The molecule has 0 saturated carbocycles. The van der Waals surface area contributed by atoms with Crippen LogP contribution in [-0.4, -0.2) is 26.8 Å². The molecule has 1 aliphatic rings. The smallest absolute Gasteiger partial charge is 0.320 e. The summed E-state index contributed by atoms with van der Waals surface area (Å²) in [6, 6.07) is 78.5. The van der Waals surface area contributed by atoms with Crippen LogP contribution in [0.5, 0.6) is 0 Å². The number of nitrogens with zero attached hydrogens (tertiary/aromatic N) is 4. The van der Waals surface area contributed by atoms with E-state index >= 15 is 0 Å². The molecule has 0 radical (unpaired) electrons. The summed E-state index contributed by atoms with van der Waals surface area (Å²) >= 11 is 0. The van der Waals surface area contributed by atoms with Gasteiger partial charge in [-0.25, -0.2) is 9.97 Å². The third-order valence-electron chi connectivity index (χ3n) is 10.1. The number of benzene rings is 6. The Balaban J connectivity index is 1.44. The first-order valence-corrected chi connectivity index (χ1v) is 21.5. The number of hydrogen-bond acceptors (Lipinski definition) is 4. The minimum Gasteiger partial charge on any atom is -0.363 e. The standard InChI is InChI=1S/C46H36N4Si2/c1-7-21-37(22-8-1)43-33-19-35-45(47-43)49-51(39-25-11-3-12-26-39,40-27-13-4-14-28-40)50(46-36-20-34-44(48-46)38-23-9-2-10-24-38)52(49,41-29-15-5-16-30-41)42-31-17-6-18-32-42/h1-36H. The van der Waals surface area contributed by atoms with Crippen molar-refractivity contribution in [3.63, 3.8) is 0 Å². The van der Waals surface area contributed by atoms with Gasteiger partial charge in [-0.1, -0.05) is 194 Å². The maximum absolute atomic E-state index is 5.60. The average molecular weight is 701 g/mol. The van der Waals surface area contributed by atoms with Crippen LogP contribution in [0.4, 0.5) is 11.6 Å². The van der Waals surface area contributed by atoms with Crippen molar-refractivity contribution in [2.75, 3.05) is 8.46 Å². The molecule has 1 fully saturated rings. The highest BCUT2D eigenvalue weighted by molar-refractivity contribution is 7.38. The van der Waals surface area contributed by atoms with Gasteiger partial charge in [-0.2, -0.15) is 0 Å². The van der Waals surface area contributed by atoms with Crippen LogP contribution < -0.4 is 29.2 Å². The molecular weight excluding hydrogens is 665 g/mol. The summed E-state index contributed by atoms with van der Waals surface area (Å²) in [4.78, 5) is 11.2. The molecule has 2 aromatic heterocycles. The second-order valence-electron chi connectivity index (χ2n) is 13.0. The Morgan fingerprint density at radius 3 is 0.827 bits per heavy atom. The van der Waals surface area contributed by atoms with Gasteiger partial charge in [-0.15, -0.1) is 0 Å². The summed E-state index contributed by atoms with van der Waals surface area (Å²) in [7, 11) is -6.36. The van der Waals surface area contributed by atoms with E-state index in [1.807, 2.05) is 0 Å². The number of anilines is 2. The fraction of sp³-hybridized carbons (Fsp3) is 0. The van der Waals surface area contributed by atoms with Crippen LogP contribution >= 0.6 is 0 Å². The summed E-state index contributed by atoms with van der Waals surface area (Å²) in [6.45, 7) is 0. The van der Waals surface area contributed by atoms with Gasteiger partial charge in [0.05, 0.1) is 11.4 Å². The molecule has 0 unspecified atom stereocenters. The van der Waals surface area contributed by atoms with E-state index in [2.05, 4.69) is 227 Å². The topological polar surface area (TPSA) is 32.3 Å². The van der Waals surface area contributed by atoms with E-state index in [1.165, 1.54) is 20.7 Å². The third kappa shape index (κ3) is 5.03. The number of pyridine rings is 2. The fourth-order valence-electron chi connectivity index (χ4n) is 7.97. The number of hydrogen-bond donors (Lipinski definition) is 0. The first kappa shape index (κ1) is 31.6. The molecule has 8 aromatic rings. The predicted molar refractivity (Wildman–Crippen MR) is 220 cm³/mol. The zero-order valence-corrected chi connectivity index (χ0v) is 30.6.